The van der Waals surface area contributed by atoms with Crippen molar-refractivity contribution in [1.29, 1.82) is 0 Å². The molecule has 0 unspecified atom stereocenters. The van der Waals surface area contributed by atoms with E-state index in [2.05, 4.69) is 6.58 Å². The maximum absolute atomic E-state index is 12.8. The van der Waals surface area contributed by atoms with E-state index in [0.717, 1.165) is 27.8 Å². The fourth-order valence-electron chi connectivity index (χ4n) is 3.34. The van der Waals surface area contributed by atoms with Crippen molar-refractivity contribution in [2.24, 2.45) is 0 Å². The van der Waals surface area contributed by atoms with Crippen molar-refractivity contribution < 1.29 is 28.6 Å². The lowest BCUT2D eigenvalue weighted by Gasteiger charge is -2.16. The van der Waals surface area contributed by atoms with Gasteiger partial charge in [0.2, 0.25) is 0 Å². The Morgan fingerprint density at radius 2 is 1.91 bits per heavy atom. The molecular weight excluding hydrogens is 490 g/mol. The molecule has 1 saturated heterocycles. The summed E-state index contributed by atoms with van der Waals surface area (Å²) in [6, 6.07) is 10.9. The lowest BCUT2D eigenvalue weighted by molar-refractivity contribution is -0.149. The molecule has 0 aliphatic carbocycles. The lowest BCUT2D eigenvalue weighted by Crippen LogP contribution is -2.35. The number of hydrogen-bond donors (Lipinski definition) is 0. The molecule has 0 radical (unpaired) electrons. The Hall–Kier alpha value is -3.23. The normalized spacial score (nSPS) is 14.5. The number of amides is 2. The van der Waals surface area contributed by atoms with Crippen LogP contribution in [0.15, 0.2) is 54.0 Å². The molecule has 0 aromatic heterocycles. The summed E-state index contributed by atoms with van der Waals surface area (Å²) in [6.07, 6.45) is 3.49. The van der Waals surface area contributed by atoms with Crippen LogP contribution < -0.4 is 9.47 Å². The smallest absolute Gasteiger partial charge is 0.326 e. The number of halogens is 1. The van der Waals surface area contributed by atoms with E-state index in [0.29, 0.717) is 35.1 Å². The molecule has 1 aliphatic rings. The third-order valence-corrected chi connectivity index (χ3v) is 6.02. The summed E-state index contributed by atoms with van der Waals surface area (Å²) < 4.78 is 16.7. The number of benzene rings is 2. The molecule has 1 fully saturated rings. The molecule has 0 bridgehead atoms. The van der Waals surface area contributed by atoms with E-state index in [1.54, 1.807) is 44.2 Å². The molecule has 2 aromatic rings. The molecule has 9 heteroatoms. The van der Waals surface area contributed by atoms with Gasteiger partial charge >= 0.3 is 5.97 Å². The molecule has 0 N–H and O–H groups in total. The van der Waals surface area contributed by atoms with Gasteiger partial charge in [0.15, 0.2) is 11.5 Å². The summed E-state index contributed by atoms with van der Waals surface area (Å²) in [5, 5.41) is 0.118. The van der Waals surface area contributed by atoms with Gasteiger partial charge in [-0.15, -0.1) is 6.58 Å². The highest BCUT2D eigenvalue weighted by molar-refractivity contribution is 8.18. The number of carbonyl (C=O) groups is 3. The predicted octanol–water partition coefficient (Wildman–Crippen LogP) is 5.64. The van der Waals surface area contributed by atoms with Crippen LogP contribution in [0.1, 0.15) is 30.5 Å². The molecule has 184 valence electrons. The summed E-state index contributed by atoms with van der Waals surface area (Å²) in [5.41, 5.74) is 2.39. The minimum atomic E-state index is -0.638. The zero-order valence-electron chi connectivity index (χ0n) is 19.7. The van der Waals surface area contributed by atoms with Crippen molar-refractivity contribution in [1.82, 2.24) is 4.90 Å². The molecule has 2 aromatic carbocycles. The maximum Gasteiger partial charge on any atom is 0.326 e. The average Bonchev–Trinajstić information content (AvgIpc) is 3.06. The van der Waals surface area contributed by atoms with E-state index in [1.807, 2.05) is 18.2 Å². The predicted molar refractivity (Wildman–Crippen MR) is 137 cm³/mol. The average molecular weight is 516 g/mol. The number of rotatable bonds is 10. The van der Waals surface area contributed by atoms with Crippen LogP contribution in [-0.4, -0.2) is 41.8 Å². The van der Waals surface area contributed by atoms with Crippen molar-refractivity contribution in [3.63, 3.8) is 0 Å². The Bertz CT molecular complexity index is 1160. The number of imide groups is 1. The van der Waals surface area contributed by atoms with Gasteiger partial charge < -0.3 is 14.2 Å². The molecule has 0 saturated carbocycles. The molecule has 0 spiro atoms. The first-order valence-electron chi connectivity index (χ1n) is 10.9. The second kappa shape index (κ2) is 12.0. The van der Waals surface area contributed by atoms with Crippen LogP contribution in [0.5, 0.6) is 11.5 Å². The van der Waals surface area contributed by atoms with Gasteiger partial charge in [-0.1, -0.05) is 29.8 Å². The first kappa shape index (κ1) is 26.4. The summed E-state index contributed by atoms with van der Waals surface area (Å²) in [6.45, 7) is 7.09. The Balaban J connectivity index is 1.85. The largest absolute Gasteiger partial charge is 0.493 e. The minimum Gasteiger partial charge on any atom is -0.493 e. The van der Waals surface area contributed by atoms with Gasteiger partial charge in [-0.25, -0.2) is 0 Å². The zero-order valence-corrected chi connectivity index (χ0v) is 21.3. The van der Waals surface area contributed by atoms with E-state index >= 15 is 0 Å². The number of hydrogen-bond acceptors (Lipinski definition) is 7. The number of nitrogens with zero attached hydrogens (tertiary/aromatic N) is 1. The summed E-state index contributed by atoms with van der Waals surface area (Å²) in [5.74, 6) is -0.151. The van der Waals surface area contributed by atoms with Crippen LogP contribution in [0, 0.1) is 0 Å². The van der Waals surface area contributed by atoms with Crippen molar-refractivity contribution in [3.05, 3.63) is 75.7 Å². The summed E-state index contributed by atoms with van der Waals surface area (Å²) in [7, 11) is 1.53. The number of esters is 1. The van der Waals surface area contributed by atoms with Gasteiger partial charge in [0.1, 0.15) is 13.2 Å². The minimum absolute atomic E-state index is 0.203. The first-order chi connectivity index (χ1) is 16.7. The van der Waals surface area contributed by atoms with Gasteiger partial charge in [0, 0.05) is 10.6 Å². The Morgan fingerprint density at radius 1 is 1.20 bits per heavy atom. The Kier molecular flexibility index (Phi) is 9.01. The Labute approximate surface area is 213 Å². The van der Waals surface area contributed by atoms with E-state index in [4.69, 9.17) is 25.8 Å². The van der Waals surface area contributed by atoms with Crippen LogP contribution in [0.25, 0.3) is 6.08 Å². The Morgan fingerprint density at radius 3 is 2.54 bits per heavy atom. The number of ether oxygens (including phenoxy) is 3. The first-order valence-corrected chi connectivity index (χ1v) is 12.0. The number of thioether (sulfide) groups is 1. The second-order valence-corrected chi connectivity index (χ2v) is 9.36. The van der Waals surface area contributed by atoms with E-state index in [-0.39, 0.29) is 11.0 Å². The van der Waals surface area contributed by atoms with Crippen molar-refractivity contribution in [2.45, 2.75) is 33.0 Å². The number of allylic oxidation sites excluding steroid dienone is 1. The van der Waals surface area contributed by atoms with Crippen LogP contribution in [0.4, 0.5) is 4.79 Å². The summed E-state index contributed by atoms with van der Waals surface area (Å²) in [4.78, 5) is 38.2. The third-order valence-electron chi connectivity index (χ3n) is 4.86. The molecule has 1 heterocycles. The van der Waals surface area contributed by atoms with E-state index in [1.165, 1.54) is 7.11 Å². The quantitative estimate of drug-likeness (QED) is 0.230. The highest BCUT2D eigenvalue weighted by Gasteiger charge is 2.36. The van der Waals surface area contributed by atoms with Gasteiger partial charge in [-0.05, 0) is 73.5 Å². The van der Waals surface area contributed by atoms with Crippen molar-refractivity contribution in [2.75, 3.05) is 13.7 Å². The van der Waals surface area contributed by atoms with Gasteiger partial charge in [0.25, 0.3) is 11.1 Å². The fraction of sp³-hybridized carbons (Fsp3) is 0.269. The van der Waals surface area contributed by atoms with Gasteiger partial charge in [-0.2, -0.15) is 0 Å². The van der Waals surface area contributed by atoms with Gasteiger partial charge in [0.05, 0.1) is 18.1 Å². The van der Waals surface area contributed by atoms with Crippen molar-refractivity contribution >= 4 is 46.6 Å². The second-order valence-electron chi connectivity index (χ2n) is 7.93. The van der Waals surface area contributed by atoms with Crippen LogP contribution in [0.3, 0.4) is 0 Å². The molecule has 0 atom stereocenters. The zero-order chi connectivity index (χ0) is 25.5. The standard InChI is InChI=1S/C26H26ClNO6S/c1-5-6-19-11-18(12-21(32-4)24(19)33-15-17-7-9-20(27)10-8-17)13-22-25(30)28(26(31)35-22)14-23(29)34-16(2)3/h5,7-13,16H,1,6,14-15H2,2-4H3/b22-13-. The number of methoxy groups -OCH3 is 1. The molecular formula is C26H26ClNO6S. The highest BCUT2D eigenvalue weighted by atomic mass is 35.5. The van der Waals surface area contributed by atoms with Crippen molar-refractivity contribution in [3.8, 4) is 11.5 Å². The molecule has 3 rings (SSSR count). The van der Waals surface area contributed by atoms with Crippen LogP contribution in [0.2, 0.25) is 5.02 Å². The monoisotopic (exact) mass is 515 g/mol. The van der Waals surface area contributed by atoms with Crippen LogP contribution >= 0.6 is 23.4 Å². The van der Waals surface area contributed by atoms with Crippen LogP contribution in [-0.2, 0) is 27.4 Å². The lowest BCUT2D eigenvalue weighted by atomic mass is 10.0. The molecule has 1 aliphatic heterocycles. The SMILES string of the molecule is C=CCc1cc(/C=C2\SC(=O)N(CC(=O)OC(C)C)C2=O)cc(OC)c1OCc1ccc(Cl)cc1. The highest BCUT2D eigenvalue weighted by Crippen LogP contribution is 2.37. The van der Waals surface area contributed by atoms with E-state index in [9.17, 15) is 14.4 Å². The number of carbonyl (C=O) groups excluding carboxylic acids is 3. The molecule has 7 nitrogen and oxygen atoms in total. The maximum atomic E-state index is 12.8. The summed E-state index contributed by atoms with van der Waals surface area (Å²) >= 11 is 6.72. The molecule has 2 amide bonds. The molecule has 35 heavy (non-hydrogen) atoms. The topological polar surface area (TPSA) is 82.1 Å². The van der Waals surface area contributed by atoms with Gasteiger partial charge in [-0.3, -0.25) is 19.3 Å². The third kappa shape index (κ3) is 6.90. The van der Waals surface area contributed by atoms with E-state index < -0.39 is 23.7 Å². The fourth-order valence-corrected chi connectivity index (χ4v) is 4.31.